The minimum absolute atomic E-state index is 0.0538. The van der Waals surface area contributed by atoms with Crippen LogP contribution < -0.4 is 16.4 Å². The van der Waals surface area contributed by atoms with E-state index in [1.54, 1.807) is 0 Å². The summed E-state index contributed by atoms with van der Waals surface area (Å²) in [6.45, 7) is 0.843. The summed E-state index contributed by atoms with van der Waals surface area (Å²) in [4.78, 5) is 46.6. The van der Waals surface area contributed by atoms with Crippen LogP contribution in [-0.2, 0) is 23.9 Å². The second-order valence-corrected chi connectivity index (χ2v) is 7.01. The number of rotatable bonds is 8. The van der Waals surface area contributed by atoms with Crippen molar-refractivity contribution < 1.29 is 28.7 Å². The Hall–Kier alpha value is -3.88. The first-order valence-corrected chi connectivity index (χ1v) is 9.67. The summed E-state index contributed by atoms with van der Waals surface area (Å²) < 4.78 is 10.0. The number of hydrogen-bond acceptors (Lipinski definition) is 6. The molecule has 9 nitrogen and oxygen atoms in total. The van der Waals surface area contributed by atoms with Crippen LogP contribution in [0.5, 0.6) is 0 Å². The lowest BCUT2D eigenvalue weighted by Gasteiger charge is -2.19. The van der Waals surface area contributed by atoms with Crippen molar-refractivity contribution in [1.29, 1.82) is 0 Å². The van der Waals surface area contributed by atoms with E-state index >= 15 is 0 Å². The quantitative estimate of drug-likeness (QED) is 0.432. The molecule has 0 aliphatic heterocycles. The van der Waals surface area contributed by atoms with Crippen molar-refractivity contribution >= 4 is 23.9 Å². The van der Waals surface area contributed by atoms with E-state index in [9.17, 15) is 19.2 Å². The Bertz CT molecular complexity index is 961. The predicted molar refractivity (Wildman–Crippen MR) is 111 cm³/mol. The summed E-state index contributed by atoms with van der Waals surface area (Å²) in [6.07, 6.45) is -1.30. The van der Waals surface area contributed by atoms with Crippen molar-refractivity contribution in [3.05, 3.63) is 59.7 Å². The minimum Gasteiger partial charge on any atom is -0.449 e. The second kappa shape index (κ2) is 9.75. The number of hydrogen-bond donors (Lipinski definition) is 3. The van der Waals surface area contributed by atoms with Gasteiger partial charge < -0.3 is 25.8 Å². The zero-order valence-electron chi connectivity index (χ0n) is 16.9. The Kier molecular flexibility index (Phi) is 6.86. The van der Waals surface area contributed by atoms with E-state index in [2.05, 4.69) is 15.4 Å². The van der Waals surface area contributed by atoms with Crippen LogP contribution in [0.15, 0.2) is 48.5 Å². The number of alkyl carbamates (subject to hydrolysis) is 1. The van der Waals surface area contributed by atoms with Crippen LogP contribution in [0.2, 0.25) is 0 Å². The standard InChI is InChI=1S/C22H23N3O6/c1-13(26)31-12-24-21(28)19(10-20(23)27)25-22(29)30-11-18-16-8-4-2-6-14(16)15-7-3-5-9-17(15)18/h2-9,18-19H,10-12H2,1H3,(H2,23,27)(H,24,28)(H,25,29)/t19-/m0/s1. The zero-order valence-corrected chi connectivity index (χ0v) is 16.9. The molecule has 0 heterocycles. The number of nitrogens with two attached hydrogens (primary N) is 1. The molecule has 0 radical (unpaired) electrons. The first-order chi connectivity index (χ1) is 14.9. The molecule has 0 saturated carbocycles. The molecule has 2 aromatic carbocycles. The molecule has 31 heavy (non-hydrogen) atoms. The van der Waals surface area contributed by atoms with E-state index in [4.69, 9.17) is 10.5 Å². The van der Waals surface area contributed by atoms with Gasteiger partial charge in [0, 0.05) is 12.8 Å². The van der Waals surface area contributed by atoms with Crippen molar-refractivity contribution in [2.24, 2.45) is 5.73 Å². The van der Waals surface area contributed by atoms with Crippen molar-refractivity contribution in [3.63, 3.8) is 0 Å². The van der Waals surface area contributed by atoms with Gasteiger partial charge in [0.15, 0.2) is 6.73 Å². The highest BCUT2D eigenvalue weighted by molar-refractivity contribution is 5.90. The molecule has 0 aromatic heterocycles. The Balaban J connectivity index is 1.63. The van der Waals surface area contributed by atoms with Crippen LogP contribution in [0.3, 0.4) is 0 Å². The van der Waals surface area contributed by atoms with E-state index in [0.29, 0.717) is 0 Å². The molecule has 2 aromatic rings. The lowest BCUT2D eigenvalue weighted by Crippen LogP contribution is -2.49. The third kappa shape index (κ3) is 5.39. The summed E-state index contributed by atoms with van der Waals surface area (Å²) >= 11 is 0. The summed E-state index contributed by atoms with van der Waals surface area (Å²) in [7, 11) is 0. The highest BCUT2D eigenvalue weighted by Gasteiger charge is 2.30. The fraction of sp³-hybridized carbons (Fsp3) is 0.273. The van der Waals surface area contributed by atoms with E-state index in [0.717, 1.165) is 22.3 Å². The highest BCUT2D eigenvalue weighted by atomic mass is 16.6. The number of benzene rings is 2. The van der Waals surface area contributed by atoms with Crippen molar-refractivity contribution in [3.8, 4) is 11.1 Å². The maximum Gasteiger partial charge on any atom is 0.407 e. The highest BCUT2D eigenvalue weighted by Crippen LogP contribution is 2.44. The Labute approximate surface area is 178 Å². The number of primary amides is 1. The van der Waals surface area contributed by atoms with E-state index in [-0.39, 0.29) is 12.5 Å². The van der Waals surface area contributed by atoms with Gasteiger partial charge in [-0.2, -0.15) is 0 Å². The molecule has 0 fully saturated rings. The number of amides is 3. The summed E-state index contributed by atoms with van der Waals surface area (Å²) in [5.41, 5.74) is 9.43. The number of nitrogens with one attached hydrogen (secondary N) is 2. The van der Waals surface area contributed by atoms with Gasteiger partial charge in [-0.3, -0.25) is 14.4 Å². The maximum atomic E-state index is 12.4. The summed E-state index contributed by atoms with van der Waals surface area (Å²) in [5.74, 6) is -2.25. The SMILES string of the molecule is CC(=O)OCNC(=O)[C@H](CC(N)=O)NC(=O)OCC1c2ccccc2-c2ccccc21. The molecule has 3 rings (SSSR count). The Morgan fingerprint density at radius 3 is 2.10 bits per heavy atom. The molecule has 1 atom stereocenters. The fourth-order valence-corrected chi connectivity index (χ4v) is 3.52. The van der Waals surface area contributed by atoms with Gasteiger partial charge >= 0.3 is 12.1 Å². The minimum atomic E-state index is -1.26. The first kappa shape index (κ1) is 21.8. The van der Waals surface area contributed by atoms with Gasteiger partial charge in [0.05, 0.1) is 6.42 Å². The average Bonchev–Trinajstić information content (AvgIpc) is 3.05. The molecule has 0 unspecified atom stereocenters. The van der Waals surface area contributed by atoms with Gasteiger partial charge in [-0.15, -0.1) is 0 Å². The van der Waals surface area contributed by atoms with Gasteiger partial charge in [-0.25, -0.2) is 4.79 Å². The number of carbonyl (C=O) groups excluding carboxylic acids is 4. The number of fused-ring (bicyclic) bond motifs is 3. The molecule has 0 bridgehead atoms. The zero-order chi connectivity index (χ0) is 22.4. The van der Waals surface area contributed by atoms with E-state index < -0.39 is 43.1 Å². The summed E-state index contributed by atoms with van der Waals surface area (Å²) in [5, 5.41) is 4.63. The Morgan fingerprint density at radius 2 is 1.55 bits per heavy atom. The molecule has 4 N–H and O–H groups in total. The summed E-state index contributed by atoms with van der Waals surface area (Å²) in [6, 6.07) is 14.5. The molecule has 162 valence electrons. The monoisotopic (exact) mass is 425 g/mol. The lowest BCUT2D eigenvalue weighted by molar-refractivity contribution is -0.143. The van der Waals surface area contributed by atoms with Gasteiger partial charge in [0.25, 0.3) is 0 Å². The van der Waals surface area contributed by atoms with Crippen molar-refractivity contribution in [1.82, 2.24) is 10.6 Å². The van der Waals surface area contributed by atoms with Gasteiger partial charge in [0.1, 0.15) is 12.6 Å². The molecule has 0 spiro atoms. The van der Waals surface area contributed by atoms with Crippen LogP contribution in [0, 0.1) is 0 Å². The van der Waals surface area contributed by atoms with Gasteiger partial charge in [-0.1, -0.05) is 48.5 Å². The van der Waals surface area contributed by atoms with Crippen LogP contribution in [0.4, 0.5) is 4.79 Å². The third-order valence-electron chi connectivity index (χ3n) is 4.88. The third-order valence-corrected chi connectivity index (χ3v) is 4.88. The molecule has 9 heteroatoms. The number of esters is 1. The van der Waals surface area contributed by atoms with Crippen LogP contribution in [0.25, 0.3) is 11.1 Å². The van der Waals surface area contributed by atoms with Crippen LogP contribution in [-0.4, -0.2) is 43.3 Å². The van der Waals surface area contributed by atoms with E-state index in [1.165, 1.54) is 6.92 Å². The topological polar surface area (TPSA) is 137 Å². The maximum absolute atomic E-state index is 12.4. The second-order valence-electron chi connectivity index (χ2n) is 7.01. The fourth-order valence-electron chi connectivity index (χ4n) is 3.52. The van der Waals surface area contributed by atoms with Gasteiger partial charge in [0.2, 0.25) is 11.8 Å². The Morgan fingerprint density at radius 1 is 0.968 bits per heavy atom. The smallest absolute Gasteiger partial charge is 0.407 e. The molecule has 1 aliphatic carbocycles. The molecular formula is C22H23N3O6. The number of carbonyl (C=O) groups is 4. The first-order valence-electron chi connectivity index (χ1n) is 9.67. The molecule has 0 saturated heterocycles. The normalized spacial score (nSPS) is 12.8. The molecular weight excluding hydrogens is 402 g/mol. The molecule has 1 aliphatic rings. The number of ether oxygens (including phenoxy) is 2. The van der Waals surface area contributed by atoms with Gasteiger partial charge in [-0.05, 0) is 22.3 Å². The predicted octanol–water partition coefficient (Wildman–Crippen LogP) is 1.41. The molecule has 3 amide bonds. The van der Waals surface area contributed by atoms with Crippen LogP contribution in [0.1, 0.15) is 30.4 Å². The van der Waals surface area contributed by atoms with Crippen LogP contribution >= 0.6 is 0 Å². The van der Waals surface area contributed by atoms with Crippen molar-refractivity contribution in [2.45, 2.75) is 25.3 Å². The van der Waals surface area contributed by atoms with Crippen molar-refractivity contribution in [2.75, 3.05) is 13.3 Å². The average molecular weight is 425 g/mol. The lowest BCUT2D eigenvalue weighted by atomic mass is 9.98. The van der Waals surface area contributed by atoms with E-state index in [1.807, 2.05) is 48.5 Å². The largest absolute Gasteiger partial charge is 0.449 e.